The molecule has 0 aromatic heterocycles. The molecular formula is C14H22ClNS. The Balaban J connectivity index is 2.72. The van der Waals surface area contributed by atoms with E-state index in [4.69, 9.17) is 11.6 Å². The number of rotatable bonds is 7. The Morgan fingerprint density at radius 3 is 2.76 bits per heavy atom. The molecule has 0 spiro atoms. The summed E-state index contributed by atoms with van der Waals surface area (Å²) in [5, 5.41) is 4.92. The topological polar surface area (TPSA) is 12.0 Å². The summed E-state index contributed by atoms with van der Waals surface area (Å²) < 4.78 is 0. The van der Waals surface area contributed by atoms with E-state index in [9.17, 15) is 0 Å². The van der Waals surface area contributed by atoms with Crippen molar-refractivity contribution in [2.75, 3.05) is 6.54 Å². The van der Waals surface area contributed by atoms with E-state index in [0.29, 0.717) is 5.25 Å². The molecule has 0 aliphatic carbocycles. The number of hydrogen-bond donors (Lipinski definition) is 1. The predicted molar refractivity (Wildman–Crippen MR) is 79.1 cm³/mol. The Bertz CT molecular complexity index is 341. The molecule has 96 valence electrons. The maximum atomic E-state index is 6.06. The van der Waals surface area contributed by atoms with Crippen LogP contribution in [-0.2, 0) is 6.54 Å². The zero-order chi connectivity index (χ0) is 12.7. The predicted octanol–water partition coefficient (Wildman–Crippen LogP) is 4.73. The first-order valence-electron chi connectivity index (χ1n) is 6.33. The molecule has 1 atom stereocenters. The number of halogens is 1. The van der Waals surface area contributed by atoms with Gasteiger partial charge in [-0.25, -0.2) is 0 Å². The lowest BCUT2D eigenvalue weighted by Crippen LogP contribution is -2.14. The molecule has 0 aliphatic rings. The van der Waals surface area contributed by atoms with Crippen LogP contribution in [0, 0.1) is 0 Å². The van der Waals surface area contributed by atoms with Gasteiger partial charge in [0.05, 0.1) is 0 Å². The molecule has 1 N–H and O–H groups in total. The summed E-state index contributed by atoms with van der Waals surface area (Å²) >= 11 is 8.00. The minimum atomic E-state index is 0.654. The van der Waals surface area contributed by atoms with Crippen molar-refractivity contribution in [1.29, 1.82) is 0 Å². The molecule has 17 heavy (non-hydrogen) atoms. The smallest absolute Gasteiger partial charge is 0.0410 e. The number of nitrogens with one attached hydrogen (secondary N) is 1. The fraction of sp³-hybridized carbons (Fsp3) is 0.571. The van der Waals surface area contributed by atoms with E-state index in [1.165, 1.54) is 16.9 Å². The molecule has 0 fully saturated rings. The Morgan fingerprint density at radius 1 is 1.35 bits per heavy atom. The lowest BCUT2D eigenvalue weighted by Gasteiger charge is -2.14. The van der Waals surface area contributed by atoms with E-state index >= 15 is 0 Å². The third kappa shape index (κ3) is 5.33. The Hall–Kier alpha value is -0.180. The molecule has 0 amide bonds. The van der Waals surface area contributed by atoms with E-state index in [0.717, 1.165) is 24.5 Å². The highest BCUT2D eigenvalue weighted by Gasteiger charge is 2.07. The molecule has 0 aliphatic heterocycles. The van der Waals surface area contributed by atoms with Gasteiger partial charge >= 0.3 is 0 Å². The van der Waals surface area contributed by atoms with Gasteiger partial charge in [-0.3, -0.25) is 0 Å². The van der Waals surface area contributed by atoms with Gasteiger partial charge in [-0.05, 0) is 43.1 Å². The monoisotopic (exact) mass is 271 g/mol. The second-order valence-corrected chi connectivity index (χ2v) is 6.18. The molecule has 1 rings (SSSR count). The van der Waals surface area contributed by atoms with E-state index < -0.39 is 0 Å². The van der Waals surface area contributed by atoms with Crippen LogP contribution in [0.15, 0.2) is 23.1 Å². The van der Waals surface area contributed by atoms with Crippen molar-refractivity contribution < 1.29 is 0 Å². The summed E-state index contributed by atoms with van der Waals surface area (Å²) in [7, 11) is 0. The highest BCUT2D eigenvalue weighted by atomic mass is 35.5. The van der Waals surface area contributed by atoms with Crippen molar-refractivity contribution in [1.82, 2.24) is 5.32 Å². The van der Waals surface area contributed by atoms with E-state index in [2.05, 4.69) is 38.2 Å². The number of hydrogen-bond acceptors (Lipinski definition) is 2. The van der Waals surface area contributed by atoms with Crippen molar-refractivity contribution in [3.63, 3.8) is 0 Å². The molecule has 1 aromatic rings. The summed E-state index contributed by atoms with van der Waals surface area (Å²) in [6, 6.07) is 6.20. The van der Waals surface area contributed by atoms with Crippen molar-refractivity contribution in [2.45, 2.75) is 50.3 Å². The van der Waals surface area contributed by atoms with Crippen LogP contribution >= 0.6 is 23.4 Å². The van der Waals surface area contributed by atoms with Crippen LogP contribution in [0.4, 0.5) is 0 Å². The summed E-state index contributed by atoms with van der Waals surface area (Å²) in [5.41, 5.74) is 1.32. The van der Waals surface area contributed by atoms with Crippen LogP contribution < -0.4 is 5.32 Å². The zero-order valence-corrected chi connectivity index (χ0v) is 12.5. The Kier molecular flexibility index (Phi) is 7.02. The van der Waals surface area contributed by atoms with Crippen LogP contribution in [0.1, 0.15) is 39.2 Å². The highest BCUT2D eigenvalue weighted by Crippen LogP contribution is 2.30. The van der Waals surface area contributed by atoms with Gasteiger partial charge in [-0.1, -0.05) is 32.4 Å². The minimum absolute atomic E-state index is 0.654. The lowest BCUT2D eigenvalue weighted by molar-refractivity contribution is 0.669. The Labute approximate surface area is 114 Å². The van der Waals surface area contributed by atoms with Gasteiger partial charge in [0.15, 0.2) is 0 Å². The van der Waals surface area contributed by atoms with Crippen molar-refractivity contribution in [3.8, 4) is 0 Å². The van der Waals surface area contributed by atoms with E-state index in [1.807, 2.05) is 17.8 Å². The minimum Gasteiger partial charge on any atom is -0.313 e. The first kappa shape index (κ1) is 14.9. The average Bonchev–Trinajstić information content (AvgIpc) is 2.32. The van der Waals surface area contributed by atoms with Crippen LogP contribution in [0.2, 0.25) is 5.02 Å². The summed E-state index contributed by atoms with van der Waals surface area (Å²) in [4.78, 5) is 1.35. The summed E-state index contributed by atoms with van der Waals surface area (Å²) in [6.07, 6.45) is 2.35. The fourth-order valence-corrected chi connectivity index (χ4v) is 2.72. The second-order valence-electron chi connectivity index (χ2n) is 4.27. The van der Waals surface area contributed by atoms with Crippen LogP contribution in [-0.4, -0.2) is 11.8 Å². The molecule has 0 saturated heterocycles. The van der Waals surface area contributed by atoms with Crippen molar-refractivity contribution in [3.05, 3.63) is 28.8 Å². The number of benzene rings is 1. The third-order valence-corrected chi connectivity index (χ3v) is 4.29. The van der Waals surface area contributed by atoms with Crippen molar-refractivity contribution >= 4 is 23.4 Å². The maximum absolute atomic E-state index is 6.06. The van der Waals surface area contributed by atoms with Gasteiger partial charge in [0.2, 0.25) is 0 Å². The van der Waals surface area contributed by atoms with Gasteiger partial charge in [-0.15, -0.1) is 11.8 Å². The molecule has 0 saturated carbocycles. The maximum Gasteiger partial charge on any atom is 0.0410 e. The fourth-order valence-electron chi connectivity index (χ4n) is 1.50. The first-order valence-corrected chi connectivity index (χ1v) is 7.58. The summed E-state index contributed by atoms with van der Waals surface area (Å²) in [5.74, 6) is 0. The standard InChI is InChI=1S/C14H22ClNS/c1-4-8-16-10-12-9-13(15)6-7-14(12)17-11(3)5-2/h6-7,9,11,16H,4-5,8,10H2,1-3H3. The van der Waals surface area contributed by atoms with Gasteiger partial charge in [-0.2, -0.15) is 0 Å². The van der Waals surface area contributed by atoms with Gasteiger partial charge < -0.3 is 5.32 Å². The second kappa shape index (κ2) is 8.02. The third-order valence-electron chi connectivity index (χ3n) is 2.67. The Morgan fingerprint density at radius 2 is 2.12 bits per heavy atom. The molecule has 0 heterocycles. The molecule has 0 radical (unpaired) electrons. The normalized spacial score (nSPS) is 12.7. The first-order chi connectivity index (χ1) is 8.17. The van der Waals surface area contributed by atoms with E-state index in [-0.39, 0.29) is 0 Å². The quantitative estimate of drug-likeness (QED) is 0.568. The lowest BCUT2D eigenvalue weighted by atomic mass is 10.2. The van der Waals surface area contributed by atoms with E-state index in [1.54, 1.807) is 0 Å². The van der Waals surface area contributed by atoms with Crippen LogP contribution in [0.5, 0.6) is 0 Å². The molecule has 1 aromatic carbocycles. The zero-order valence-electron chi connectivity index (χ0n) is 10.9. The largest absolute Gasteiger partial charge is 0.313 e. The molecule has 0 bridgehead atoms. The van der Waals surface area contributed by atoms with Crippen LogP contribution in [0.25, 0.3) is 0 Å². The number of thioether (sulfide) groups is 1. The highest BCUT2D eigenvalue weighted by molar-refractivity contribution is 8.00. The average molecular weight is 272 g/mol. The van der Waals surface area contributed by atoms with Gasteiger partial charge in [0.1, 0.15) is 0 Å². The molecule has 1 unspecified atom stereocenters. The molecule has 3 heteroatoms. The van der Waals surface area contributed by atoms with Crippen LogP contribution in [0.3, 0.4) is 0 Å². The van der Waals surface area contributed by atoms with Crippen molar-refractivity contribution in [2.24, 2.45) is 0 Å². The van der Waals surface area contributed by atoms with Gasteiger partial charge in [0, 0.05) is 21.7 Å². The summed E-state index contributed by atoms with van der Waals surface area (Å²) in [6.45, 7) is 8.64. The molecular weight excluding hydrogens is 250 g/mol. The molecule has 1 nitrogen and oxygen atoms in total. The SMILES string of the molecule is CCCNCc1cc(Cl)ccc1SC(C)CC. The van der Waals surface area contributed by atoms with Gasteiger partial charge in [0.25, 0.3) is 0 Å².